The van der Waals surface area contributed by atoms with Crippen LogP contribution in [0.3, 0.4) is 0 Å². The van der Waals surface area contributed by atoms with Crippen LogP contribution < -0.4 is 5.73 Å². The van der Waals surface area contributed by atoms with Crippen LogP contribution in [0.2, 0.25) is 0 Å². The van der Waals surface area contributed by atoms with Crippen molar-refractivity contribution in [3.05, 3.63) is 85.1 Å². The summed E-state index contributed by atoms with van der Waals surface area (Å²) in [6, 6.07) is 0. The highest BCUT2D eigenvalue weighted by molar-refractivity contribution is 7.47. The molecule has 0 saturated heterocycles. The second-order valence-electron chi connectivity index (χ2n) is 20.5. The van der Waals surface area contributed by atoms with E-state index in [1.165, 1.54) is 161 Å². The first-order valence-corrected chi connectivity index (χ1v) is 32.6. The SMILES string of the molecule is CC/C=C\C/C=C\C/C=C\C/C=C\C/C=C\C/C=C\CCCCCCCCCCCCCCCCCCCCCCCCC(=O)OC(COC(=O)CCCCCCC/C=C\CCCCCC)COP(=O)(O)OCCN. The van der Waals surface area contributed by atoms with Gasteiger partial charge in [0, 0.05) is 19.4 Å². The number of esters is 2. The van der Waals surface area contributed by atoms with Crippen molar-refractivity contribution in [3.8, 4) is 0 Å². The highest BCUT2D eigenvalue weighted by Gasteiger charge is 2.26. The van der Waals surface area contributed by atoms with Gasteiger partial charge in [0.2, 0.25) is 0 Å². The lowest BCUT2D eigenvalue weighted by atomic mass is 10.0. The van der Waals surface area contributed by atoms with E-state index < -0.39 is 26.5 Å². The molecule has 0 aromatic rings. The third kappa shape index (κ3) is 60.3. The normalized spacial score (nSPS) is 13.6. The van der Waals surface area contributed by atoms with Gasteiger partial charge in [-0.3, -0.25) is 18.6 Å². The third-order valence-corrected chi connectivity index (χ3v) is 14.2. The molecule has 0 radical (unpaired) electrons. The fraction of sp³-hybridized carbons (Fsp3) is 0.754. The molecule has 0 aromatic heterocycles. The predicted octanol–water partition coefficient (Wildman–Crippen LogP) is 19.9. The van der Waals surface area contributed by atoms with Crippen molar-refractivity contribution < 1.29 is 37.6 Å². The highest BCUT2D eigenvalue weighted by atomic mass is 31.2. The number of carbonyl (C=O) groups excluding carboxylic acids is 2. The standard InChI is InChI=1S/C65H116NO8P/c1-3-5-7-9-11-13-15-17-18-19-20-21-22-23-24-25-26-27-28-29-30-31-32-33-34-35-36-37-38-39-40-41-42-43-44-46-48-50-52-54-56-58-65(68)74-63(62-73-75(69,70)72-60-59-66)61-71-64(67)57-55-53-51-49-47-45-16-14-12-10-8-6-4-2/h5,7,11,13-14,16-18,20-21,23-24,26-27,63H,3-4,6,8-10,12,15,19,22,25,28-62,66H2,1-2H3,(H,69,70)/b7-5-,13-11-,16-14-,18-17-,21-20-,24-23-,27-26-. The summed E-state index contributed by atoms with van der Waals surface area (Å²) in [5, 5.41) is 0. The van der Waals surface area contributed by atoms with E-state index in [1.807, 2.05) is 0 Å². The first kappa shape index (κ1) is 72.2. The molecule has 0 amide bonds. The quantitative estimate of drug-likeness (QED) is 0.0264. The highest BCUT2D eigenvalue weighted by Crippen LogP contribution is 2.43. The van der Waals surface area contributed by atoms with E-state index in [9.17, 15) is 19.0 Å². The molecule has 434 valence electrons. The van der Waals surface area contributed by atoms with Gasteiger partial charge in [0.15, 0.2) is 6.10 Å². The Labute approximate surface area is 462 Å². The molecule has 0 bridgehead atoms. The zero-order valence-corrected chi connectivity index (χ0v) is 49.4. The minimum absolute atomic E-state index is 0.0520. The Bertz CT molecular complexity index is 1500. The van der Waals surface area contributed by atoms with Gasteiger partial charge in [-0.25, -0.2) is 4.57 Å². The average Bonchev–Trinajstić information content (AvgIpc) is 3.40. The van der Waals surface area contributed by atoms with Crippen LogP contribution in [0.15, 0.2) is 85.1 Å². The summed E-state index contributed by atoms with van der Waals surface area (Å²) >= 11 is 0. The monoisotopic (exact) mass is 1070 g/mol. The van der Waals surface area contributed by atoms with Crippen molar-refractivity contribution in [2.24, 2.45) is 5.73 Å². The van der Waals surface area contributed by atoms with Gasteiger partial charge in [0.25, 0.3) is 0 Å². The van der Waals surface area contributed by atoms with Gasteiger partial charge < -0.3 is 20.1 Å². The summed E-state index contributed by atoms with van der Waals surface area (Å²) in [4.78, 5) is 35.1. The Kier molecular flexibility index (Phi) is 58.2. The molecule has 10 heteroatoms. The second kappa shape index (κ2) is 60.4. The predicted molar refractivity (Wildman–Crippen MR) is 321 cm³/mol. The first-order valence-electron chi connectivity index (χ1n) is 31.1. The minimum Gasteiger partial charge on any atom is -0.462 e. The lowest BCUT2D eigenvalue weighted by Gasteiger charge is -2.19. The maximum absolute atomic E-state index is 12.7. The van der Waals surface area contributed by atoms with Crippen molar-refractivity contribution in [3.63, 3.8) is 0 Å². The van der Waals surface area contributed by atoms with E-state index in [0.29, 0.717) is 6.42 Å². The molecule has 0 saturated carbocycles. The second-order valence-corrected chi connectivity index (χ2v) is 22.0. The van der Waals surface area contributed by atoms with Gasteiger partial charge in [-0.15, -0.1) is 0 Å². The molecule has 0 fully saturated rings. The van der Waals surface area contributed by atoms with E-state index in [-0.39, 0.29) is 38.6 Å². The number of phosphoric acid groups is 1. The van der Waals surface area contributed by atoms with Crippen molar-refractivity contribution in [2.45, 2.75) is 290 Å². The molecule has 2 unspecified atom stereocenters. The minimum atomic E-state index is -4.39. The summed E-state index contributed by atoms with van der Waals surface area (Å²) in [5.74, 6) is -0.830. The van der Waals surface area contributed by atoms with Crippen LogP contribution >= 0.6 is 7.82 Å². The average molecular weight is 1070 g/mol. The molecule has 75 heavy (non-hydrogen) atoms. The van der Waals surface area contributed by atoms with Gasteiger partial charge in [0.05, 0.1) is 13.2 Å². The van der Waals surface area contributed by atoms with Crippen LogP contribution in [0, 0.1) is 0 Å². The fourth-order valence-corrected chi connectivity index (χ4v) is 9.46. The Morgan fingerprint density at radius 2 is 0.733 bits per heavy atom. The summed E-state index contributed by atoms with van der Waals surface area (Å²) in [6.07, 6.45) is 79.6. The largest absolute Gasteiger partial charge is 0.472 e. The van der Waals surface area contributed by atoms with E-state index in [4.69, 9.17) is 24.3 Å². The molecule has 0 heterocycles. The number of hydrogen-bond acceptors (Lipinski definition) is 8. The fourth-order valence-electron chi connectivity index (χ4n) is 8.69. The first-order chi connectivity index (χ1) is 36.8. The topological polar surface area (TPSA) is 134 Å². The Balaban J connectivity index is 3.77. The molecular weight excluding hydrogens is 954 g/mol. The van der Waals surface area contributed by atoms with Crippen molar-refractivity contribution in [1.29, 1.82) is 0 Å². The number of ether oxygens (including phenoxy) is 2. The van der Waals surface area contributed by atoms with E-state index >= 15 is 0 Å². The number of hydrogen-bond donors (Lipinski definition) is 2. The third-order valence-electron chi connectivity index (χ3n) is 13.3. The van der Waals surface area contributed by atoms with Crippen molar-refractivity contribution in [1.82, 2.24) is 0 Å². The molecule has 0 spiro atoms. The number of allylic oxidation sites excluding steroid dienone is 14. The number of rotatable bonds is 58. The van der Waals surface area contributed by atoms with Gasteiger partial charge in [-0.05, 0) is 89.9 Å². The molecule has 0 aliphatic heterocycles. The molecular formula is C65H116NO8P. The van der Waals surface area contributed by atoms with Crippen LogP contribution in [0.1, 0.15) is 284 Å². The molecule has 0 aliphatic rings. The van der Waals surface area contributed by atoms with Crippen LogP contribution in [0.4, 0.5) is 0 Å². The van der Waals surface area contributed by atoms with E-state index in [2.05, 4.69) is 98.9 Å². The Morgan fingerprint density at radius 1 is 0.413 bits per heavy atom. The van der Waals surface area contributed by atoms with Crippen LogP contribution in [-0.2, 0) is 32.7 Å². The number of phosphoric ester groups is 1. The van der Waals surface area contributed by atoms with Crippen molar-refractivity contribution >= 4 is 19.8 Å². The van der Waals surface area contributed by atoms with E-state index in [1.54, 1.807) is 0 Å². The molecule has 2 atom stereocenters. The summed E-state index contributed by atoms with van der Waals surface area (Å²) < 4.78 is 33.0. The molecule has 0 aliphatic carbocycles. The van der Waals surface area contributed by atoms with Gasteiger partial charge in [-0.1, -0.05) is 266 Å². The zero-order chi connectivity index (χ0) is 54.5. The summed E-state index contributed by atoms with van der Waals surface area (Å²) in [6.45, 7) is 3.62. The number of carbonyl (C=O) groups is 2. The van der Waals surface area contributed by atoms with Crippen LogP contribution in [0.5, 0.6) is 0 Å². The maximum Gasteiger partial charge on any atom is 0.472 e. The van der Waals surface area contributed by atoms with Crippen LogP contribution in [0.25, 0.3) is 0 Å². The summed E-state index contributed by atoms with van der Waals surface area (Å²) in [5.41, 5.74) is 5.38. The Morgan fingerprint density at radius 3 is 1.11 bits per heavy atom. The molecule has 0 aromatic carbocycles. The maximum atomic E-state index is 12.7. The van der Waals surface area contributed by atoms with Crippen molar-refractivity contribution in [2.75, 3.05) is 26.4 Å². The smallest absolute Gasteiger partial charge is 0.462 e. The van der Waals surface area contributed by atoms with Gasteiger partial charge >= 0.3 is 19.8 Å². The number of unbranched alkanes of at least 4 members (excludes halogenated alkanes) is 31. The molecule has 0 rings (SSSR count). The van der Waals surface area contributed by atoms with Crippen LogP contribution in [-0.4, -0.2) is 49.3 Å². The lowest BCUT2D eigenvalue weighted by molar-refractivity contribution is -0.161. The molecule has 9 nitrogen and oxygen atoms in total. The molecule has 3 N–H and O–H groups in total. The Hall–Kier alpha value is -2.81. The van der Waals surface area contributed by atoms with E-state index in [0.717, 1.165) is 89.9 Å². The zero-order valence-electron chi connectivity index (χ0n) is 48.5. The van der Waals surface area contributed by atoms with Gasteiger partial charge in [0.1, 0.15) is 6.61 Å². The number of nitrogens with two attached hydrogens (primary N) is 1. The summed E-state index contributed by atoms with van der Waals surface area (Å²) in [7, 11) is -4.39. The van der Waals surface area contributed by atoms with Gasteiger partial charge in [-0.2, -0.15) is 0 Å². The lowest BCUT2D eigenvalue weighted by Crippen LogP contribution is -2.29.